The molecule has 4 saturated carbocycles. The van der Waals surface area contributed by atoms with Crippen molar-refractivity contribution in [2.24, 2.45) is 52.3 Å². The fourth-order valence-electron chi connectivity index (χ4n) is 10.5. The van der Waals surface area contributed by atoms with Crippen LogP contribution in [0.2, 0.25) is 0 Å². The molecule has 8 unspecified atom stereocenters. The van der Waals surface area contributed by atoms with Crippen LogP contribution >= 0.6 is 0 Å². The number of hydrogen-bond donors (Lipinski definition) is 0. The van der Waals surface area contributed by atoms with Crippen molar-refractivity contribution in [2.45, 2.75) is 169 Å². The van der Waals surface area contributed by atoms with Crippen molar-refractivity contribution in [3.8, 4) is 0 Å². The first-order valence-corrected chi connectivity index (χ1v) is 18.8. The normalized spacial score (nSPS) is 40.6. The predicted molar refractivity (Wildman–Crippen MR) is 177 cm³/mol. The number of hydrogen-bond acceptors (Lipinski definition) is 2. The van der Waals surface area contributed by atoms with Crippen molar-refractivity contribution in [3.05, 3.63) is 23.8 Å². The van der Waals surface area contributed by atoms with Gasteiger partial charge in [-0.15, -0.1) is 0 Å². The van der Waals surface area contributed by atoms with Crippen LogP contribution in [0.15, 0.2) is 23.8 Å². The van der Waals surface area contributed by atoms with Crippen molar-refractivity contribution in [1.29, 1.82) is 0 Å². The molecule has 8 atom stereocenters. The molecule has 6 aliphatic rings. The van der Waals surface area contributed by atoms with Crippen molar-refractivity contribution < 1.29 is 9.53 Å². The molecule has 6 aliphatic carbocycles. The second kappa shape index (κ2) is 14.4. The van der Waals surface area contributed by atoms with Gasteiger partial charge in [0.25, 0.3) is 0 Å². The second-order valence-electron chi connectivity index (χ2n) is 16.8. The van der Waals surface area contributed by atoms with E-state index in [0.717, 1.165) is 80.5 Å². The molecular weight excluding hydrogens is 512 g/mol. The molecule has 0 spiro atoms. The summed E-state index contributed by atoms with van der Waals surface area (Å²) in [5.74, 6) is 6.17. The Morgan fingerprint density at radius 2 is 1.71 bits per heavy atom. The SMILES string of the molecule is CC(C)CCCCC1CCC2C3CC=C4CC(C)CCC4(C)C3CCC12C.O=C(OC1CC/C=C/CCC1)C1CCC1. The highest BCUT2D eigenvalue weighted by Crippen LogP contribution is 2.67. The van der Waals surface area contributed by atoms with E-state index in [4.69, 9.17) is 4.74 Å². The van der Waals surface area contributed by atoms with E-state index in [0.29, 0.717) is 10.8 Å². The maximum Gasteiger partial charge on any atom is 0.309 e. The minimum Gasteiger partial charge on any atom is -0.462 e. The molecular formula is C40H66O2. The summed E-state index contributed by atoms with van der Waals surface area (Å²) in [6.45, 7) is 12.6. The number of allylic oxidation sites excluding steroid dienone is 4. The summed E-state index contributed by atoms with van der Waals surface area (Å²) in [5.41, 5.74) is 3.10. The molecule has 0 N–H and O–H groups in total. The van der Waals surface area contributed by atoms with E-state index in [1.165, 1.54) is 77.0 Å². The van der Waals surface area contributed by atoms with Crippen LogP contribution in [0.1, 0.15) is 163 Å². The highest BCUT2D eigenvalue weighted by Gasteiger charge is 2.58. The van der Waals surface area contributed by atoms with Crippen LogP contribution in [0.3, 0.4) is 0 Å². The molecule has 0 amide bonds. The Bertz CT molecular complexity index is 941. The standard InChI is InChI=1S/C27H46.C13H20O2/c1-19(2)8-6-7-9-21-11-13-24-23-12-10-22-18-20(3)14-16-27(22,5)25(23)15-17-26(21,24)4;14-13(11-7-6-8-11)15-12-9-4-2-1-3-5-10-12/h10,19-21,23-25H,6-9,11-18H2,1-5H3;1-2,11-12H,3-10H2/b;2-1+. The molecule has 0 aromatic carbocycles. The smallest absolute Gasteiger partial charge is 0.309 e. The van der Waals surface area contributed by atoms with Gasteiger partial charge in [0.2, 0.25) is 0 Å². The molecule has 42 heavy (non-hydrogen) atoms. The monoisotopic (exact) mass is 579 g/mol. The lowest BCUT2D eigenvalue weighted by molar-refractivity contribution is -0.157. The summed E-state index contributed by atoms with van der Waals surface area (Å²) < 4.78 is 5.56. The van der Waals surface area contributed by atoms with E-state index in [1.807, 2.05) is 5.57 Å². The van der Waals surface area contributed by atoms with Crippen molar-refractivity contribution in [3.63, 3.8) is 0 Å². The third-order valence-corrected chi connectivity index (χ3v) is 13.6. The van der Waals surface area contributed by atoms with E-state index in [1.54, 1.807) is 6.42 Å². The topological polar surface area (TPSA) is 26.3 Å². The maximum absolute atomic E-state index is 11.7. The molecule has 4 fully saturated rings. The van der Waals surface area contributed by atoms with Gasteiger partial charge in [0.1, 0.15) is 6.10 Å². The van der Waals surface area contributed by atoms with Crippen molar-refractivity contribution in [2.75, 3.05) is 0 Å². The van der Waals surface area contributed by atoms with Crippen LogP contribution in [0.25, 0.3) is 0 Å². The Morgan fingerprint density at radius 1 is 0.905 bits per heavy atom. The first kappa shape index (κ1) is 32.3. The summed E-state index contributed by atoms with van der Waals surface area (Å²) in [4.78, 5) is 11.7. The number of esters is 1. The summed E-state index contributed by atoms with van der Waals surface area (Å²) >= 11 is 0. The largest absolute Gasteiger partial charge is 0.462 e. The Labute approximate surface area is 260 Å². The van der Waals surface area contributed by atoms with Gasteiger partial charge in [-0.3, -0.25) is 4.79 Å². The van der Waals surface area contributed by atoms with Crippen LogP contribution in [-0.4, -0.2) is 12.1 Å². The van der Waals surface area contributed by atoms with Gasteiger partial charge in [-0.2, -0.15) is 0 Å². The van der Waals surface area contributed by atoms with Gasteiger partial charge in [0, 0.05) is 0 Å². The first-order valence-electron chi connectivity index (χ1n) is 18.8. The quantitative estimate of drug-likeness (QED) is 0.171. The molecule has 0 bridgehead atoms. The molecule has 2 nitrogen and oxygen atoms in total. The third kappa shape index (κ3) is 7.25. The minimum atomic E-state index is 0.0656. The van der Waals surface area contributed by atoms with E-state index < -0.39 is 0 Å². The number of ether oxygens (including phenoxy) is 1. The van der Waals surface area contributed by atoms with Crippen LogP contribution in [0, 0.1) is 52.3 Å². The van der Waals surface area contributed by atoms with E-state index in [2.05, 4.69) is 52.8 Å². The van der Waals surface area contributed by atoms with E-state index in [-0.39, 0.29) is 18.0 Å². The van der Waals surface area contributed by atoms with Gasteiger partial charge in [-0.1, -0.05) is 84.1 Å². The molecule has 0 heterocycles. The summed E-state index contributed by atoms with van der Waals surface area (Å²) in [7, 11) is 0. The lowest BCUT2D eigenvalue weighted by Crippen LogP contribution is -2.49. The van der Waals surface area contributed by atoms with E-state index in [9.17, 15) is 4.79 Å². The van der Waals surface area contributed by atoms with Crippen LogP contribution < -0.4 is 0 Å². The number of unbranched alkanes of at least 4 members (excludes halogenated alkanes) is 1. The van der Waals surface area contributed by atoms with Gasteiger partial charge < -0.3 is 4.74 Å². The number of carbonyl (C=O) groups is 1. The third-order valence-electron chi connectivity index (χ3n) is 13.6. The predicted octanol–water partition coefficient (Wildman–Crippen LogP) is 11.6. The molecule has 0 aromatic heterocycles. The molecule has 238 valence electrons. The molecule has 0 aliphatic heterocycles. The van der Waals surface area contributed by atoms with E-state index >= 15 is 0 Å². The highest BCUT2D eigenvalue weighted by atomic mass is 16.5. The Hall–Kier alpha value is -1.05. The number of fused-ring (bicyclic) bond motifs is 5. The summed E-state index contributed by atoms with van der Waals surface area (Å²) in [6, 6.07) is 0. The zero-order valence-electron chi connectivity index (χ0n) is 28.3. The van der Waals surface area contributed by atoms with Gasteiger partial charge in [-0.05, 0) is 149 Å². The van der Waals surface area contributed by atoms with Gasteiger partial charge in [-0.25, -0.2) is 0 Å². The van der Waals surface area contributed by atoms with Crippen LogP contribution in [-0.2, 0) is 9.53 Å². The van der Waals surface area contributed by atoms with Gasteiger partial charge in [0.05, 0.1) is 5.92 Å². The molecule has 0 aromatic rings. The van der Waals surface area contributed by atoms with Gasteiger partial charge >= 0.3 is 5.97 Å². The second-order valence-corrected chi connectivity index (χ2v) is 16.8. The molecule has 0 saturated heterocycles. The fourth-order valence-corrected chi connectivity index (χ4v) is 10.5. The first-order chi connectivity index (χ1) is 20.2. The average molecular weight is 579 g/mol. The summed E-state index contributed by atoms with van der Waals surface area (Å²) in [5, 5.41) is 0. The fraction of sp³-hybridized carbons (Fsp3) is 0.875. The average Bonchev–Trinajstić information content (AvgIpc) is 3.24. The number of carbonyl (C=O) groups excluding carboxylic acids is 1. The van der Waals surface area contributed by atoms with Crippen molar-refractivity contribution in [1.82, 2.24) is 0 Å². The summed E-state index contributed by atoms with van der Waals surface area (Å²) in [6.07, 6.45) is 33.9. The molecule has 2 heteroatoms. The minimum absolute atomic E-state index is 0.0656. The van der Waals surface area contributed by atoms with Crippen molar-refractivity contribution >= 4 is 5.97 Å². The zero-order chi connectivity index (χ0) is 29.7. The van der Waals surface area contributed by atoms with Gasteiger partial charge in [0.15, 0.2) is 0 Å². The maximum atomic E-state index is 11.7. The van der Waals surface area contributed by atoms with Crippen LogP contribution in [0.4, 0.5) is 0 Å². The lowest BCUT2D eigenvalue weighted by Gasteiger charge is -2.58. The Balaban J connectivity index is 0.000000199. The van der Waals surface area contributed by atoms with Crippen LogP contribution in [0.5, 0.6) is 0 Å². The Morgan fingerprint density at radius 3 is 2.48 bits per heavy atom. The lowest BCUT2D eigenvalue weighted by atomic mass is 9.47. The number of rotatable bonds is 7. The molecule has 6 rings (SSSR count). The highest BCUT2D eigenvalue weighted by molar-refractivity contribution is 5.73. The molecule has 0 radical (unpaired) electrons. The Kier molecular flexibility index (Phi) is 11.1. The zero-order valence-corrected chi connectivity index (χ0v) is 28.3.